The van der Waals surface area contributed by atoms with E-state index in [4.69, 9.17) is 5.11 Å². The van der Waals surface area contributed by atoms with Crippen LogP contribution in [0.2, 0.25) is 0 Å². The van der Waals surface area contributed by atoms with E-state index >= 15 is 0 Å². The maximum Gasteiger partial charge on any atom is 0.354 e. The Hall–Kier alpha value is -2.69. The van der Waals surface area contributed by atoms with Gasteiger partial charge in [-0.15, -0.1) is 0 Å². The van der Waals surface area contributed by atoms with Crippen LogP contribution in [0.3, 0.4) is 0 Å². The third-order valence-corrected chi connectivity index (χ3v) is 4.29. The number of rotatable bonds is 3. The summed E-state index contributed by atoms with van der Waals surface area (Å²) < 4.78 is 0. The second kappa shape index (κ2) is 5.50. The summed E-state index contributed by atoms with van der Waals surface area (Å²) in [5.74, 6) is -1.50. The van der Waals surface area contributed by atoms with Crippen LogP contribution in [0.1, 0.15) is 58.4 Å². The molecule has 1 unspecified atom stereocenters. The number of aromatic carboxylic acids is 1. The van der Waals surface area contributed by atoms with Gasteiger partial charge in [0.15, 0.2) is 0 Å². The number of carbonyl (C=O) groups excluding carboxylic acids is 1. The molecule has 2 aromatic rings. The molecule has 1 aliphatic rings. The quantitative estimate of drug-likeness (QED) is 0.913. The summed E-state index contributed by atoms with van der Waals surface area (Å²) in [6.45, 7) is 4.31. The van der Waals surface area contributed by atoms with Gasteiger partial charge < -0.3 is 10.4 Å². The monoisotopic (exact) mass is 310 g/mol. The van der Waals surface area contributed by atoms with Crippen molar-refractivity contribution >= 4 is 11.9 Å². The van der Waals surface area contributed by atoms with Crippen molar-refractivity contribution < 1.29 is 14.7 Å². The molecule has 1 atom stereocenters. The summed E-state index contributed by atoms with van der Waals surface area (Å²) in [7, 11) is 0. The molecular formula is C18H18N2O3. The van der Waals surface area contributed by atoms with Crippen LogP contribution in [-0.2, 0) is 5.41 Å². The Labute approximate surface area is 134 Å². The van der Waals surface area contributed by atoms with Gasteiger partial charge in [-0.2, -0.15) is 0 Å². The van der Waals surface area contributed by atoms with Gasteiger partial charge in [-0.25, -0.2) is 9.78 Å². The zero-order valence-corrected chi connectivity index (χ0v) is 13.0. The number of amides is 1. The van der Waals surface area contributed by atoms with E-state index in [0.29, 0.717) is 0 Å². The first kappa shape index (κ1) is 15.2. The summed E-state index contributed by atoms with van der Waals surface area (Å²) in [5, 5.41) is 12.0. The molecule has 0 radical (unpaired) electrons. The first-order chi connectivity index (χ1) is 10.9. The van der Waals surface area contributed by atoms with Crippen LogP contribution in [0.4, 0.5) is 0 Å². The Morgan fingerprint density at radius 3 is 2.57 bits per heavy atom. The number of hydrogen-bond acceptors (Lipinski definition) is 3. The van der Waals surface area contributed by atoms with Crippen LogP contribution in [0.15, 0.2) is 42.5 Å². The van der Waals surface area contributed by atoms with Crippen LogP contribution >= 0.6 is 0 Å². The zero-order chi connectivity index (χ0) is 16.6. The number of nitrogens with one attached hydrogen (secondary N) is 1. The molecule has 2 N–H and O–H groups in total. The number of carboxylic acid groups (broad SMARTS) is 1. The van der Waals surface area contributed by atoms with Crippen LogP contribution in [-0.4, -0.2) is 22.0 Å². The van der Waals surface area contributed by atoms with Crippen molar-refractivity contribution in [1.29, 1.82) is 0 Å². The van der Waals surface area contributed by atoms with Gasteiger partial charge in [0.05, 0.1) is 6.04 Å². The lowest BCUT2D eigenvalue weighted by Gasteiger charge is -2.19. The van der Waals surface area contributed by atoms with Crippen LogP contribution in [0, 0.1) is 0 Å². The topological polar surface area (TPSA) is 79.3 Å². The van der Waals surface area contributed by atoms with Gasteiger partial charge >= 0.3 is 5.97 Å². The molecule has 0 bridgehead atoms. The molecule has 1 aromatic carbocycles. The molecule has 3 rings (SSSR count). The third-order valence-electron chi connectivity index (χ3n) is 4.29. The Balaban J connectivity index is 1.85. The fourth-order valence-electron chi connectivity index (χ4n) is 3.19. The van der Waals surface area contributed by atoms with E-state index in [1.807, 2.05) is 18.2 Å². The minimum Gasteiger partial charge on any atom is -0.477 e. The highest BCUT2D eigenvalue weighted by molar-refractivity contribution is 5.94. The van der Waals surface area contributed by atoms with Crippen molar-refractivity contribution in [2.45, 2.75) is 31.7 Å². The van der Waals surface area contributed by atoms with Crippen molar-refractivity contribution in [3.05, 3.63) is 65.0 Å². The van der Waals surface area contributed by atoms with Gasteiger partial charge in [0, 0.05) is 0 Å². The van der Waals surface area contributed by atoms with E-state index in [9.17, 15) is 9.59 Å². The summed E-state index contributed by atoms with van der Waals surface area (Å²) in [4.78, 5) is 27.3. The molecule has 5 nitrogen and oxygen atoms in total. The van der Waals surface area contributed by atoms with Gasteiger partial charge in [-0.05, 0) is 35.1 Å². The Morgan fingerprint density at radius 1 is 1.13 bits per heavy atom. The molecule has 0 fully saturated rings. The Kier molecular flexibility index (Phi) is 3.64. The number of nitrogens with zero attached hydrogens (tertiary/aromatic N) is 1. The number of pyridine rings is 1. The van der Waals surface area contributed by atoms with E-state index in [1.54, 1.807) is 0 Å². The van der Waals surface area contributed by atoms with Crippen LogP contribution < -0.4 is 5.32 Å². The van der Waals surface area contributed by atoms with Gasteiger partial charge in [0.1, 0.15) is 11.4 Å². The number of benzene rings is 1. The number of aromatic nitrogens is 1. The number of carbonyl (C=O) groups is 2. The zero-order valence-electron chi connectivity index (χ0n) is 13.0. The number of fused-ring (bicyclic) bond motifs is 1. The summed E-state index contributed by atoms with van der Waals surface area (Å²) in [5.41, 5.74) is 2.32. The Morgan fingerprint density at radius 2 is 1.83 bits per heavy atom. The minimum atomic E-state index is -1.15. The molecule has 1 aliphatic carbocycles. The van der Waals surface area contributed by atoms with Gasteiger partial charge in [-0.3, -0.25) is 4.79 Å². The van der Waals surface area contributed by atoms with Crippen molar-refractivity contribution in [3.8, 4) is 0 Å². The highest BCUT2D eigenvalue weighted by Gasteiger charge is 2.37. The molecule has 1 aromatic heterocycles. The van der Waals surface area contributed by atoms with Gasteiger partial charge in [-0.1, -0.05) is 44.2 Å². The maximum atomic E-state index is 12.4. The van der Waals surface area contributed by atoms with E-state index < -0.39 is 5.97 Å². The highest BCUT2D eigenvalue weighted by Crippen LogP contribution is 2.44. The van der Waals surface area contributed by atoms with Crippen molar-refractivity contribution in [2.75, 3.05) is 0 Å². The lowest BCUT2D eigenvalue weighted by Crippen LogP contribution is -2.29. The van der Waals surface area contributed by atoms with Gasteiger partial charge in [0.2, 0.25) is 0 Å². The van der Waals surface area contributed by atoms with E-state index in [1.165, 1.54) is 23.8 Å². The van der Waals surface area contributed by atoms with E-state index in [-0.39, 0.29) is 28.8 Å². The Bertz CT molecular complexity index is 783. The number of carboxylic acids is 1. The molecule has 0 spiro atoms. The summed E-state index contributed by atoms with van der Waals surface area (Å²) in [6, 6.07) is 12.4. The fraction of sp³-hybridized carbons (Fsp3) is 0.278. The summed E-state index contributed by atoms with van der Waals surface area (Å²) in [6.07, 6.45) is 0.802. The van der Waals surface area contributed by atoms with Crippen LogP contribution in [0.25, 0.3) is 0 Å². The smallest absolute Gasteiger partial charge is 0.354 e. The van der Waals surface area contributed by atoms with Crippen molar-refractivity contribution in [1.82, 2.24) is 10.3 Å². The largest absolute Gasteiger partial charge is 0.477 e. The predicted octanol–water partition coefficient (Wildman–Crippen LogP) is 2.93. The van der Waals surface area contributed by atoms with Crippen molar-refractivity contribution in [3.63, 3.8) is 0 Å². The molecule has 1 heterocycles. The van der Waals surface area contributed by atoms with Crippen molar-refractivity contribution in [2.24, 2.45) is 0 Å². The molecule has 5 heteroatoms. The predicted molar refractivity (Wildman–Crippen MR) is 85.5 cm³/mol. The lowest BCUT2D eigenvalue weighted by molar-refractivity contribution is 0.0690. The van der Waals surface area contributed by atoms with Crippen LogP contribution in [0.5, 0.6) is 0 Å². The first-order valence-corrected chi connectivity index (χ1v) is 7.49. The molecule has 0 saturated carbocycles. The van der Waals surface area contributed by atoms with Gasteiger partial charge in [0.25, 0.3) is 5.91 Å². The average Bonchev–Trinajstić information content (AvgIpc) is 2.79. The molecule has 23 heavy (non-hydrogen) atoms. The van der Waals surface area contributed by atoms with E-state index in [0.717, 1.165) is 12.0 Å². The lowest BCUT2D eigenvalue weighted by atomic mass is 9.86. The summed E-state index contributed by atoms with van der Waals surface area (Å²) >= 11 is 0. The third kappa shape index (κ3) is 2.82. The molecule has 0 saturated heterocycles. The fourth-order valence-corrected chi connectivity index (χ4v) is 3.19. The standard InChI is InChI=1S/C18H18N2O3/c1-18(2)10-15(11-6-3-4-7-12(11)18)20-16(21)13-8-5-9-14(19-13)17(22)23/h3-9,15H,10H2,1-2H3,(H,20,21)(H,22,23). The second-order valence-corrected chi connectivity index (χ2v) is 6.41. The molecule has 0 aliphatic heterocycles. The highest BCUT2D eigenvalue weighted by atomic mass is 16.4. The van der Waals surface area contributed by atoms with E-state index in [2.05, 4.69) is 30.2 Å². The second-order valence-electron chi connectivity index (χ2n) is 6.41. The SMILES string of the molecule is CC1(C)CC(NC(=O)c2cccc(C(=O)O)n2)c2ccccc21. The maximum absolute atomic E-state index is 12.4. The molecular weight excluding hydrogens is 292 g/mol. The molecule has 1 amide bonds. The average molecular weight is 310 g/mol. The minimum absolute atomic E-state index is 0.00905. The number of hydrogen-bond donors (Lipinski definition) is 2. The normalized spacial score (nSPS) is 18.3. The molecule has 118 valence electrons. The first-order valence-electron chi connectivity index (χ1n) is 7.49.